The van der Waals surface area contributed by atoms with E-state index < -0.39 is 0 Å². The van der Waals surface area contributed by atoms with Crippen LogP contribution in [0.4, 0.5) is 4.39 Å². The lowest BCUT2D eigenvalue weighted by Gasteiger charge is -2.26. The molecule has 6 heteroatoms. The molecule has 0 radical (unpaired) electrons. The number of rotatable bonds is 3. The molecular weight excluding hydrogens is 285 g/mol. The van der Waals surface area contributed by atoms with Crippen LogP contribution in [0.25, 0.3) is 5.65 Å². The van der Waals surface area contributed by atoms with Crippen molar-refractivity contribution in [3.05, 3.63) is 29.5 Å². The van der Waals surface area contributed by atoms with Gasteiger partial charge in [0.25, 0.3) is 0 Å². The molecule has 3 rings (SSSR count). The van der Waals surface area contributed by atoms with Gasteiger partial charge >= 0.3 is 5.97 Å². The lowest BCUT2D eigenvalue weighted by molar-refractivity contribution is -0.146. The molecule has 0 amide bonds. The number of pyridine rings is 1. The lowest BCUT2D eigenvalue weighted by Crippen LogP contribution is -2.23. The van der Waals surface area contributed by atoms with Gasteiger partial charge in [-0.15, -0.1) is 0 Å². The summed E-state index contributed by atoms with van der Waals surface area (Å²) in [7, 11) is 1.44. The van der Waals surface area contributed by atoms with Crippen LogP contribution in [0.15, 0.2) is 12.3 Å². The SMILES string of the molecule is COC(=O)[C@H]1CC[C@H](Cc2cc(F)c3nc(C)nn3c2)CC1. The number of fused-ring (bicyclic) bond motifs is 1. The summed E-state index contributed by atoms with van der Waals surface area (Å²) in [6.07, 6.45) is 6.30. The van der Waals surface area contributed by atoms with E-state index in [2.05, 4.69) is 10.1 Å². The fraction of sp³-hybridized carbons (Fsp3) is 0.562. The molecule has 2 heterocycles. The van der Waals surface area contributed by atoms with Crippen LogP contribution in [0.1, 0.15) is 37.1 Å². The van der Waals surface area contributed by atoms with Gasteiger partial charge in [-0.3, -0.25) is 4.79 Å². The minimum Gasteiger partial charge on any atom is -0.469 e. The molecule has 22 heavy (non-hydrogen) atoms. The van der Waals surface area contributed by atoms with Crippen molar-refractivity contribution in [1.82, 2.24) is 14.6 Å². The molecule has 0 atom stereocenters. The zero-order valence-electron chi connectivity index (χ0n) is 12.9. The number of ether oxygens (including phenoxy) is 1. The van der Waals surface area contributed by atoms with Gasteiger partial charge in [-0.25, -0.2) is 13.9 Å². The van der Waals surface area contributed by atoms with E-state index in [1.807, 2.05) is 6.20 Å². The number of carbonyl (C=O) groups excluding carboxylic acids is 1. The van der Waals surface area contributed by atoms with Crippen molar-refractivity contribution in [2.45, 2.75) is 39.0 Å². The number of carbonyl (C=O) groups is 1. The van der Waals surface area contributed by atoms with Crippen LogP contribution < -0.4 is 0 Å². The second-order valence-corrected chi connectivity index (χ2v) is 6.07. The van der Waals surface area contributed by atoms with Crippen LogP contribution >= 0.6 is 0 Å². The van der Waals surface area contributed by atoms with Gasteiger partial charge in [0.1, 0.15) is 5.82 Å². The summed E-state index contributed by atoms with van der Waals surface area (Å²) in [5.41, 5.74) is 1.20. The predicted molar refractivity (Wildman–Crippen MR) is 78.9 cm³/mol. The Morgan fingerprint density at radius 3 is 2.82 bits per heavy atom. The maximum atomic E-state index is 14.0. The van der Waals surface area contributed by atoms with Crippen molar-refractivity contribution in [2.24, 2.45) is 11.8 Å². The lowest BCUT2D eigenvalue weighted by atomic mass is 9.79. The molecule has 2 aromatic heterocycles. The fourth-order valence-electron chi connectivity index (χ4n) is 3.32. The smallest absolute Gasteiger partial charge is 0.308 e. The summed E-state index contributed by atoms with van der Waals surface area (Å²) in [4.78, 5) is 15.6. The summed E-state index contributed by atoms with van der Waals surface area (Å²) in [6, 6.07) is 1.55. The Kier molecular flexibility index (Phi) is 4.09. The monoisotopic (exact) mass is 305 g/mol. The second-order valence-electron chi connectivity index (χ2n) is 6.07. The van der Waals surface area contributed by atoms with Crippen molar-refractivity contribution in [3.63, 3.8) is 0 Å². The molecule has 5 nitrogen and oxygen atoms in total. The molecule has 0 unspecified atom stereocenters. The Bertz CT molecular complexity index is 690. The number of hydrogen-bond acceptors (Lipinski definition) is 4. The number of aryl methyl sites for hydroxylation is 1. The second kappa shape index (κ2) is 6.02. The molecule has 1 saturated carbocycles. The Morgan fingerprint density at radius 1 is 1.41 bits per heavy atom. The molecule has 2 aromatic rings. The zero-order valence-corrected chi connectivity index (χ0v) is 12.9. The highest BCUT2D eigenvalue weighted by Gasteiger charge is 2.27. The molecule has 0 N–H and O–H groups in total. The van der Waals surface area contributed by atoms with Crippen molar-refractivity contribution in [3.8, 4) is 0 Å². The third-order valence-corrected chi connectivity index (χ3v) is 4.46. The van der Waals surface area contributed by atoms with E-state index in [-0.39, 0.29) is 23.4 Å². The highest BCUT2D eigenvalue weighted by molar-refractivity contribution is 5.72. The Labute approximate surface area is 128 Å². The maximum absolute atomic E-state index is 14.0. The summed E-state index contributed by atoms with van der Waals surface area (Å²) in [6.45, 7) is 1.75. The van der Waals surface area contributed by atoms with Crippen LogP contribution in [0.5, 0.6) is 0 Å². The predicted octanol–water partition coefficient (Wildman–Crippen LogP) is 2.70. The van der Waals surface area contributed by atoms with Crippen LogP contribution in [-0.2, 0) is 16.0 Å². The van der Waals surface area contributed by atoms with E-state index in [1.54, 1.807) is 13.0 Å². The first-order valence-corrected chi connectivity index (χ1v) is 7.66. The number of halogens is 1. The van der Waals surface area contributed by atoms with Crippen LogP contribution in [0, 0.1) is 24.6 Å². The number of methoxy groups -OCH3 is 1. The topological polar surface area (TPSA) is 56.5 Å². The minimum atomic E-state index is -0.332. The summed E-state index contributed by atoms with van der Waals surface area (Å²) in [5, 5.41) is 4.18. The average Bonchev–Trinajstić information content (AvgIpc) is 2.88. The van der Waals surface area contributed by atoms with Gasteiger partial charge in [0.2, 0.25) is 0 Å². The largest absolute Gasteiger partial charge is 0.469 e. The molecule has 1 fully saturated rings. The number of esters is 1. The minimum absolute atomic E-state index is 0.0263. The van der Waals surface area contributed by atoms with E-state index >= 15 is 0 Å². The van der Waals surface area contributed by atoms with Gasteiger partial charge in [0, 0.05) is 6.20 Å². The molecule has 118 valence electrons. The van der Waals surface area contributed by atoms with Gasteiger partial charge in [-0.2, -0.15) is 5.10 Å². The third-order valence-electron chi connectivity index (χ3n) is 4.46. The van der Waals surface area contributed by atoms with Gasteiger partial charge in [-0.1, -0.05) is 0 Å². The van der Waals surface area contributed by atoms with Crippen molar-refractivity contribution >= 4 is 11.6 Å². The fourth-order valence-corrected chi connectivity index (χ4v) is 3.32. The molecular formula is C16H20FN3O2. The highest BCUT2D eigenvalue weighted by Crippen LogP contribution is 2.31. The quantitative estimate of drug-likeness (QED) is 0.818. The average molecular weight is 305 g/mol. The van der Waals surface area contributed by atoms with Gasteiger partial charge in [0.15, 0.2) is 11.5 Å². The van der Waals surface area contributed by atoms with E-state index in [4.69, 9.17) is 4.74 Å². The van der Waals surface area contributed by atoms with Crippen molar-refractivity contribution < 1.29 is 13.9 Å². The molecule has 0 spiro atoms. The van der Waals surface area contributed by atoms with Crippen molar-refractivity contribution in [1.29, 1.82) is 0 Å². The normalized spacial score (nSPS) is 22.0. The molecule has 1 aliphatic rings. The first kappa shape index (κ1) is 14.9. The Balaban J connectivity index is 1.68. The molecule has 1 aliphatic carbocycles. The molecule has 0 aliphatic heterocycles. The highest BCUT2D eigenvalue weighted by atomic mass is 19.1. The summed E-state index contributed by atoms with van der Waals surface area (Å²) in [5.74, 6) is 0.626. The number of nitrogens with zero attached hydrogens (tertiary/aromatic N) is 3. The zero-order chi connectivity index (χ0) is 15.7. The third kappa shape index (κ3) is 2.96. The molecule has 0 aromatic carbocycles. The van der Waals surface area contributed by atoms with Crippen LogP contribution in [0.2, 0.25) is 0 Å². The first-order chi connectivity index (χ1) is 10.6. The van der Waals surface area contributed by atoms with E-state index in [9.17, 15) is 9.18 Å². The Morgan fingerprint density at radius 2 is 2.14 bits per heavy atom. The first-order valence-electron chi connectivity index (χ1n) is 7.66. The van der Waals surface area contributed by atoms with Crippen molar-refractivity contribution in [2.75, 3.05) is 7.11 Å². The van der Waals surface area contributed by atoms with E-state index in [1.165, 1.54) is 11.6 Å². The number of hydrogen-bond donors (Lipinski definition) is 0. The van der Waals surface area contributed by atoms with E-state index in [0.717, 1.165) is 37.7 Å². The van der Waals surface area contributed by atoms with Gasteiger partial charge in [-0.05, 0) is 56.6 Å². The molecule has 0 bridgehead atoms. The van der Waals surface area contributed by atoms with Crippen LogP contribution in [0.3, 0.4) is 0 Å². The number of aromatic nitrogens is 3. The standard InChI is InChI=1S/C16H20FN3O2/c1-10-18-15-14(17)8-12(9-20(15)19-10)7-11-3-5-13(6-4-11)16(21)22-2/h8-9,11,13H,3-7H2,1-2H3/t11-,13-. The Hall–Kier alpha value is -1.98. The summed E-state index contributed by atoms with van der Waals surface area (Å²) < 4.78 is 20.4. The van der Waals surface area contributed by atoms with Crippen LogP contribution in [-0.4, -0.2) is 27.7 Å². The van der Waals surface area contributed by atoms with E-state index in [0.29, 0.717) is 11.7 Å². The summed E-state index contributed by atoms with van der Waals surface area (Å²) >= 11 is 0. The van der Waals surface area contributed by atoms with Gasteiger partial charge < -0.3 is 4.74 Å². The van der Waals surface area contributed by atoms with Gasteiger partial charge in [0.05, 0.1) is 13.0 Å². The molecule has 0 saturated heterocycles. The maximum Gasteiger partial charge on any atom is 0.308 e.